The van der Waals surface area contributed by atoms with Gasteiger partial charge < -0.3 is 5.32 Å². The Morgan fingerprint density at radius 1 is 1.33 bits per heavy atom. The molecule has 0 unspecified atom stereocenters. The molecule has 0 aromatic heterocycles. The van der Waals surface area contributed by atoms with Gasteiger partial charge in [0, 0.05) is 19.1 Å². The zero-order valence-electron chi connectivity index (χ0n) is 10.3. The highest BCUT2D eigenvalue weighted by Crippen LogP contribution is 1.98. The number of hydrogen-bond acceptors (Lipinski definition) is 3. The predicted molar refractivity (Wildman–Crippen MR) is 64.5 cm³/mol. The van der Waals surface area contributed by atoms with E-state index in [-0.39, 0.29) is 0 Å². The van der Waals surface area contributed by atoms with E-state index in [1.54, 1.807) is 0 Å². The summed E-state index contributed by atoms with van der Waals surface area (Å²) in [4.78, 5) is 0. The van der Waals surface area contributed by atoms with Crippen LogP contribution in [0.25, 0.3) is 0 Å². The van der Waals surface area contributed by atoms with Crippen LogP contribution in [0.5, 0.6) is 0 Å². The second-order valence-electron chi connectivity index (χ2n) is 3.87. The van der Waals surface area contributed by atoms with E-state index in [2.05, 4.69) is 19.2 Å². The van der Waals surface area contributed by atoms with Crippen LogP contribution in [0.15, 0.2) is 0 Å². The van der Waals surface area contributed by atoms with Gasteiger partial charge in [0.25, 0.3) is 0 Å². The smallest absolute Gasteiger partial charge is 0.211 e. The Kier molecular flexibility index (Phi) is 7.13. The fraction of sp³-hybridized carbons (Fsp3) is 1.00. The third kappa shape index (κ3) is 6.87. The first-order chi connectivity index (χ1) is 6.91. The van der Waals surface area contributed by atoms with Crippen molar-refractivity contribution in [2.45, 2.75) is 39.7 Å². The largest absolute Gasteiger partial charge is 0.314 e. The lowest BCUT2D eigenvalue weighted by Crippen LogP contribution is -2.33. The highest BCUT2D eigenvalue weighted by atomic mass is 32.2. The molecule has 0 spiro atoms. The molecular weight excluding hydrogens is 212 g/mol. The van der Waals surface area contributed by atoms with E-state index < -0.39 is 10.0 Å². The number of nitrogens with one attached hydrogen (secondary N) is 1. The molecule has 0 aromatic rings. The molecule has 0 aliphatic heterocycles. The molecule has 0 aliphatic rings. The monoisotopic (exact) mass is 236 g/mol. The van der Waals surface area contributed by atoms with Crippen LogP contribution < -0.4 is 5.32 Å². The second kappa shape index (κ2) is 7.19. The minimum Gasteiger partial charge on any atom is -0.314 e. The van der Waals surface area contributed by atoms with E-state index in [1.165, 1.54) is 10.6 Å². The molecule has 4 nitrogen and oxygen atoms in total. The Morgan fingerprint density at radius 3 is 2.33 bits per heavy atom. The maximum atomic E-state index is 11.3. The Labute approximate surface area is 94.1 Å². The molecule has 0 saturated carbocycles. The number of nitrogens with zero attached hydrogens (tertiary/aromatic N) is 1. The van der Waals surface area contributed by atoms with Crippen LogP contribution in [0.3, 0.4) is 0 Å². The van der Waals surface area contributed by atoms with Crippen molar-refractivity contribution in [1.29, 1.82) is 0 Å². The number of sulfonamides is 1. The van der Waals surface area contributed by atoms with Crippen LogP contribution in [0.1, 0.15) is 33.6 Å². The maximum absolute atomic E-state index is 11.3. The molecule has 0 radical (unpaired) electrons. The standard InChI is InChI=1S/C10H24N2O2S/c1-5-10(3)11-8-7-9-12(6-2)15(4,13)14/h10-11H,5-9H2,1-4H3/t10-/m1/s1. The van der Waals surface area contributed by atoms with Crippen molar-refractivity contribution >= 4 is 10.0 Å². The normalized spacial score (nSPS) is 14.5. The van der Waals surface area contributed by atoms with Crippen molar-refractivity contribution in [1.82, 2.24) is 9.62 Å². The van der Waals surface area contributed by atoms with Crippen LogP contribution >= 0.6 is 0 Å². The van der Waals surface area contributed by atoms with Gasteiger partial charge in [-0.1, -0.05) is 13.8 Å². The lowest BCUT2D eigenvalue weighted by Gasteiger charge is -2.18. The van der Waals surface area contributed by atoms with Crippen molar-refractivity contribution < 1.29 is 8.42 Å². The first-order valence-corrected chi connectivity index (χ1v) is 7.45. The third-order valence-corrected chi connectivity index (χ3v) is 3.89. The molecule has 0 rings (SSSR count). The molecule has 0 amide bonds. The highest BCUT2D eigenvalue weighted by molar-refractivity contribution is 7.88. The maximum Gasteiger partial charge on any atom is 0.211 e. The molecule has 1 N–H and O–H groups in total. The Bertz CT molecular complexity index is 252. The summed E-state index contributed by atoms with van der Waals surface area (Å²) < 4.78 is 24.0. The average molecular weight is 236 g/mol. The van der Waals surface area contributed by atoms with Crippen LogP contribution in [0.4, 0.5) is 0 Å². The van der Waals surface area contributed by atoms with Crippen molar-refractivity contribution in [2.75, 3.05) is 25.9 Å². The summed E-state index contributed by atoms with van der Waals surface area (Å²) in [5.41, 5.74) is 0. The van der Waals surface area contributed by atoms with Gasteiger partial charge in [0.1, 0.15) is 0 Å². The lowest BCUT2D eigenvalue weighted by molar-refractivity contribution is 0.411. The highest BCUT2D eigenvalue weighted by Gasteiger charge is 2.12. The van der Waals surface area contributed by atoms with Gasteiger partial charge >= 0.3 is 0 Å². The van der Waals surface area contributed by atoms with Gasteiger partial charge in [0.15, 0.2) is 0 Å². The van der Waals surface area contributed by atoms with Crippen LogP contribution in [0.2, 0.25) is 0 Å². The minimum absolute atomic E-state index is 0.512. The molecule has 92 valence electrons. The predicted octanol–water partition coefficient (Wildman–Crippen LogP) is 1.05. The van der Waals surface area contributed by atoms with Crippen LogP contribution in [0, 0.1) is 0 Å². The van der Waals surface area contributed by atoms with Crippen molar-refractivity contribution in [3.8, 4) is 0 Å². The third-order valence-electron chi connectivity index (χ3n) is 2.51. The quantitative estimate of drug-likeness (QED) is 0.641. The number of hydrogen-bond donors (Lipinski definition) is 1. The van der Waals surface area contributed by atoms with Gasteiger partial charge in [-0.25, -0.2) is 12.7 Å². The van der Waals surface area contributed by atoms with Gasteiger partial charge in [0.2, 0.25) is 10.0 Å². The molecule has 15 heavy (non-hydrogen) atoms. The summed E-state index contributed by atoms with van der Waals surface area (Å²) in [6, 6.07) is 0.512. The van der Waals surface area contributed by atoms with Crippen LogP contribution in [-0.2, 0) is 10.0 Å². The van der Waals surface area contributed by atoms with Gasteiger partial charge in [-0.2, -0.15) is 0 Å². The topological polar surface area (TPSA) is 49.4 Å². The molecule has 0 aliphatic carbocycles. The fourth-order valence-corrected chi connectivity index (χ4v) is 2.24. The Morgan fingerprint density at radius 2 is 1.93 bits per heavy atom. The molecule has 0 heterocycles. The number of rotatable bonds is 8. The summed E-state index contributed by atoms with van der Waals surface area (Å²) in [5.74, 6) is 0. The van der Waals surface area contributed by atoms with E-state index in [0.29, 0.717) is 19.1 Å². The summed E-state index contributed by atoms with van der Waals surface area (Å²) in [6.45, 7) is 8.17. The summed E-state index contributed by atoms with van der Waals surface area (Å²) in [5, 5.41) is 3.34. The van der Waals surface area contributed by atoms with Gasteiger partial charge in [-0.15, -0.1) is 0 Å². The first kappa shape index (κ1) is 14.9. The van der Waals surface area contributed by atoms with Crippen molar-refractivity contribution in [3.63, 3.8) is 0 Å². The molecule has 0 fully saturated rings. The Hall–Kier alpha value is -0.130. The zero-order chi connectivity index (χ0) is 11.9. The first-order valence-electron chi connectivity index (χ1n) is 5.60. The van der Waals surface area contributed by atoms with E-state index in [0.717, 1.165) is 19.4 Å². The van der Waals surface area contributed by atoms with E-state index >= 15 is 0 Å². The molecule has 5 heteroatoms. The molecule has 0 bridgehead atoms. The fourth-order valence-electron chi connectivity index (χ4n) is 1.31. The van der Waals surface area contributed by atoms with Crippen molar-refractivity contribution in [3.05, 3.63) is 0 Å². The molecule has 0 aromatic carbocycles. The van der Waals surface area contributed by atoms with E-state index in [1.807, 2.05) is 6.92 Å². The van der Waals surface area contributed by atoms with Gasteiger partial charge in [0.05, 0.1) is 6.26 Å². The molecular formula is C10H24N2O2S. The molecule has 0 saturated heterocycles. The SMILES string of the molecule is CC[C@@H](C)NCCCN(CC)S(C)(=O)=O. The van der Waals surface area contributed by atoms with E-state index in [9.17, 15) is 8.42 Å². The summed E-state index contributed by atoms with van der Waals surface area (Å²) in [6.07, 6.45) is 3.23. The second-order valence-corrected chi connectivity index (χ2v) is 5.85. The summed E-state index contributed by atoms with van der Waals surface area (Å²) >= 11 is 0. The van der Waals surface area contributed by atoms with Gasteiger partial charge in [-0.3, -0.25) is 0 Å². The molecule has 1 atom stereocenters. The lowest BCUT2D eigenvalue weighted by atomic mass is 10.2. The van der Waals surface area contributed by atoms with E-state index in [4.69, 9.17) is 0 Å². The minimum atomic E-state index is -3.02. The van der Waals surface area contributed by atoms with Crippen molar-refractivity contribution in [2.24, 2.45) is 0 Å². The Balaban J connectivity index is 3.75. The summed E-state index contributed by atoms with van der Waals surface area (Å²) in [7, 11) is -3.02. The zero-order valence-corrected chi connectivity index (χ0v) is 11.1. The van der Waals surface area contributed by atoms with Crippen LogP contribution in [-0.4, -0.2) is 44.7 Å². The van der Waals surface area contributed by atoms with Gasteiger partial charge in [-0.05, 0) is 26.3 Å². The average Bonchev–Trinajstić information content (AvgIpc) is 2.15.